The van der Waals surface area contributed by atoms with E-state index in [1.165, 1.54) is 11.1 Å². The van der Waals surface area contributed by atoms with E-state index in [9.17, 15) is 4.79 Å². The fourth-order valence-corrected chi connectivity index (χ4v) is 4.45. The van der Waals surface area contributed by atoms with Crippen LogP contribution in [0, 0.1) is 0 Å². The third-order valence-corrected chi connectivity index (χ3v) is 5.72. The molecule has 2 aromatic rings. The van der Waals surface area contributed by atoms with Gasteiger partial charge in [0.2, 0.25) is 5.91 Å². The zero-order valence-corrected chi connectivity index (χ0v) is 16.1. The number of hydrogen-bond donors (Lipinski definition) is 0. The highest BCUT2D eigenvalue weighted by Crippen LogP contribution is 2.44. The monoisotopic (exact) mass is 370 g/mol. The number of hydrogen-bond acceptors (Lipinski definition) is 2. The highest BCUT2D eigenvalue weighted by atomic mass is 35.5. The lowest BCUT2D eigenvalue weighted by Gasteiger charge is -2.38. The average Bonchev–Trinajstić information content (AvgIpc) is 3.00. The minimum absolute atomic E-state index is 0. The molecule has 1 amide bonds. The van der Waals surface area contributed by atoms with Gasteiger partial charge in [0.05, 0.1) is 0 Å². The quantitative estimate of drug-likeness (QED) is 0.802. The summed E-state index contributed by atoms with van der Waals surface area (Å²) in [6.45, 7) is 5.20. The van der Waals surface area contributed by atoms with Crippen molar-refractivity contribution in [3.63, 3.8) is 0 Å². The SMILES string of the molecule is CCC(=O)N1c2ccccc2[C@@H]2CN(CCc3ccccc3)CC[C@H]21.Cl. The normalized spacial score (nSPS) is 21.7. The average molecular weight is 371 g/mol. The predicted molar refractivity (Wildman–Crippen MR) is 109 cm³/mol. The van der Waals surface area contributed by atoms with Crippen molar-refractivity contribution in [3.8, 4) is 0 Å². The molecule has 2 aliphatic rings. The zero-order valence-electron chi connectivity index (χ0n) is 15.3. The molecule has 4 heteroatoms. The van der Waals surface area contributed by atoms with Crippen LogP contribution in [0.2, 0.25) is 0 Å². The van der Waals surface area contributed by atoms with Gasteiger partial charge in [0.15, 0.2) is 0 Å². The number of fused-ring (bicyclic) bond motifs is 3. The molecule has 0 radical (unpaired) electrons. The van der Waals surface area contributed by atoms with Crippen molar-refractivity contribution in [1.29, 1.82) is 0 Å². The summed E-state index contributed by atoms with van der Waals surface area (Å²) < 4.78 is 0. The number of piperidine rings is 1. The fraction of sp³-hybridized carbons (Fsp3) is 0.409. The van der Waals surface area contributed by atoms with Crippen LogP contribution in [0.3, 0.4) is 0 Å². The lowest BCUT2D eigenvalue weighted by molar-refractivity contribution is -0.118. The summed E-state index contributed by atoms with van der Waals surface area (Å²) in [6, 6.07) is 19.6. The second kappa shape index (κ2) is 8.24. The van der Waals surface area contributed by atoms with Gasteiger partial charge in [-0.1, -0.05) is 55.5 Å². The molecule has 3 nitrogen and oxygen atoms in total. The van der Waals surface area contributed by atoms with Gasteiger partial charge in [-0.2, -0.15) is 0 Å². The first-order chi connectivity index (χ1) is 12.3. The molecular formula is C22H27ClN2O. The zero-order chi connectivity index (χ0) is 17.2. The number of anilines is 1. The molecule has 0 unspecified atom stereocenters. The molecule has 1 fully saturated rings. The van der Waals surface area contributed by atoms with E-state index < -0.39 is 0 Å². The number of rotatable bonds is 4. The Hall–Kier alpha value is -1.84. The first kappa shape index (κ1) is 18.9. The summed E-state index contributed by atoms with van der Waals surface area (Å²) in [5.41, 5.74) is 3.91. The van der Waals surface area contributed by atoms with Crippen LogP contribution in [0.4, 0.5) is 5.69 Å². The van der Waals surface area contributed by atoms with Crippen LogP contribution in [-0.2, 0) is 11.2 Å². The van der Waals surface area contributed by atoms with Crippen molar-refractivity contribution in [2.24, 2.45) is 0 Å². The van der Waals surface area contributed by atoms with Gasteiger partial charge < -0.3 is 9.80 Å². The molecule has 0 aromatic heterocycles. The van der Waals surface area contributed by atoms with Gasteiger partial charge in [-0.3, -0.25) is 4.79 Å². The summed E-state index contributed by atoms with van der Waals surface area (Å²) in [7, 11) is 0. The highest BCUT2D eigenvalue weighted by molar-refractivity contribution is 5.96. The van der Waals surface area contributed by atoms with Crippen molar-refractivity contribution < 1.29 is 4.79 Å². The molecule has 0 bridgehead atoms. The summed E-state index contributed by atoms with van der Waals surface area (Å²) in [4.78, 5) is 17.2. The number of nitrogens with zero attached hydrogens (tertiary/aromatic N) is 2. The van der Waals surface area contributed by atoms with E-state index in [0.29, 0.717) is 18.4 Å². The van der Waals surface area contributed by atoms with Crippen LogP contribution in [0.1, 0.15) is 36.8 Å². The van der Waals surface area contributed by atoms with E-state index in [0.717, 1.165) is 38.2 Å². The van der Waals surface area contributed by atoms with E-state index in [-0.39, 0.29) is 18.3 Å². The predicted octanol–water partition coefficient (Wildman–Crippen LogP) is 4.27. The van der Waals surface area contributed by atoms with Crippen molar-refractivity contribution in [2.75, 3.05) is 24.5 Å². The van der Waals surface area contributed by atoms with Crippen LogP contribution in [0.5, 0.6) is 0 Å². The Bertz CT molecular complexity index is 749. The number of halogens is 1. The maximum absolute atomic E-state index is 12.5. The molecule has 0 N–H and O–H groups in total. The number of amides is 1. The molecule has 0 spiro atoms. The van der Waals surface area contributed by atoms with Gasteiger partial charge in [0.25, 0.3) is 0 Å². The molecule has 2 aromatic carbocycles. The minimum atomic E-state index is 0. The van der Waals surface area contributed by atoms with Crippen LogP contribution < -0.4 is 4.90 Å². The maximum Gasteiger partial charge on any atom is 0.226 e. The number of carbonyl (C=O) groups is 1. The van der Waals surface area contributed by atoms with Crippen LogP contribution in [0.25, 0.3) is 0 Å². The molecule has 26 heavy (non-hydrogen) atoms. The van der Waals surface area contributed by atoms with Gasteiger partial charge in [0, 0.05) is 43.7 Å². The number of benzene rings is 2. The topological polar surface area (TPSA) is 23.6 Å². The van der Waals surface area contributed by atoms with Crippen molar-refractivity contribution in [2.45, 2.75) is 38.1 Å². The summed E-state index contributed by atoms with van der Waals surface area (Å²) in [5, 5.41) is 0. The number of para-hydroxylation sites is 1. The van der Waals surface area contributed by atoms with Crippen molar-refractivity contribution in [3.05, 3.63) is 65.7 Å². The fourth-order valence-electron chi connectivity index (χ4n) is 4.45. The van der Waals surface area contributed by atoms with E-state index in [2.05, 4.69) is 64.4 Å². The van der Waals surface area contributed by atoms with Crippen molar-refractivity contribution >= 4 is 24.0 Å². The van der Waals surface area contributed by atoms with E-state index in [4.69, 9.17) is 0 Å². The summed E-state index contributed by atoms with van der Waals surface area (Å²) in [6.07, 6.45) is 2.74. The lowest BCUT2D eigenvalue weighted by Crippen LogP contribution is -2.48. The van der Waals surface area contributed by atoms with Crippen molar-refractivity contribution in [1.82, 2.24) is 4.90 Å². The minimum Gasteiger partial charge on any atom is -0.308 e. The standard InChI is InChI=1S/C22H26N2O.ClH/c1-2-22(25)24-20-11-7-6-10-18(20)19-16-23(15-13-21(19)24)14-12-17-8-4-3-5-9-17;/h3-11,19,21H,2,12-16H2,1H3;1H/t19-,21+;/m0./s1. The van der Waals surface area contributed by atoms with Gasteiger partial charge in [-0.25, -0.2) is 0 Å². The molecule has 1 saturated heterocycles. The van der Waals surface area contributed by atoms with E-state index >= 15 is 0 Å². The second-order valence-corrected chi connectivity index (χ2v) is 7.17. The molecular weight excluding hydrogens is 344 g/mol. The van der Waals surface area contributed by atoms with Crippen LogP contribution in [-0.4, -0.2) is 36.5 Å². The molecule has 2 atom stereocenters. The van der Waals surface area contributed by atoms with Crippen LogP contribution >= 0.6 is 12.4 Å². The summed E-state index contributed by atoms with van der Waals surface area (Å²) >= 11 is 0. The van der Waals surface area contributed by atoms with Gasteiger partial charge in [0.1, 0.15) is 0 Å². The van der Waals surface area contributed by atoms with Gasteiger partial charge in [-0.05, 0) is 30.0 Å². The molecule has 2 aliphatic heterocycles. The van der Waals surface area contributed by atoms with Gasteiger partial charge >= 0.3 is 0 Å². The Kier molecular flexibility index (Phi) is 6.00. The largest absolute Gasteiger partial charge is 0.308 e. The highest BCUT2D eigenvalue weighted by Gasteiger charge is 2.43. The smallest absolute Gasteiger partial charge is 0.226 e. The lowest BCUT2D eigenvalue weighted by atomic mass is 9.89. The Morgan fingerprint density at radius 3 is 2.58 bits per heavy atom. The molecule has 2 heterocycles. The third-order valence-electron chi connectivity index (χ3n) is 5.72. The first-order valence-electron chi connectivity index (χ1n) is 9.45. The molecule has 0 saturated carbocycles. The Labute approximate surface area is 162 Å². The second-order valence-electron chi connectivity index (χ2n) is 7.17. The molecule has 0 aliphatic carbocycles. The maximum atomic E-state index is 12.5. The van der Waals surface area contributed by atoms with E-state index in [1.807, 2.05) is 6.92 Å². The Balaban J connectivity index is 0.00000196. The molecule has 4 rings (SSSR count). The van der Waals surface area contributed by atoms with E-state index in [1.54, 1.807) is 0 Å². The number of carbonyl (C=O) groups excluding carboxylic acids is 1. The van der Waals surface area contributed by atoms with Gasteiger partial charge in [-0.15, -0.1) is 12.4 Å². The Morgan fingerprint density at radius 2 is 1.81 bits per heavy atom. The third kappa shape index (κ3) is 3.51. The Morgan fingerprint density at radius 1 is 1.08 bits per heavy atom. The summed E-state index contributed by atoms with van der Waals surface area (Å²) in [5.74, 6) is 0.717. The first-order valence-corrected chi connectivity index (χ1v) is 9.45. The van der Waals surface area contributed by atoms with Crippen LogP contribution in [0.15, 0.2) is 54.6 Å². The molecule has 138 valence electrons. The number of likely N-dealkylation sites (tertiary alicyclic amines) is 1.